The monoisotopic (exact) mass is 481 g/mol. The summed E-state index contributed by atoms with van der Waals surface area (Å²) < 4.78 is 1.69. The topological polar surface area (TPSA) is 55.2 Å². The van der Waals surface area contributed by atoms with Crippen LogP contribution in [0.3, 0.4) is 0 Å². The molecule has 1 atom stereocenters. The zero-order valence-electron chi connectivity index (χ0n) is 21.6. The van der Waals surface area contributed by atoms with Crippen LogP contribution in [0.1, 0.15) is 56.6 Å². The second-order valence-corrected chi connectivity index (χ2v) is 9.90. The van der Waals surface area contributed by atoms with E-state index in [9.17, 15) is 9.59 Å². The van der Waals surface area contributed by atoms with Crippen LogP contribution in [0.2, 0.25) is 0 Å². The van der Waals surface area contributed by atoms with E-state index in [1.54, 1.807) is 4.57 Å². The van der Waals surface area contributed by atoms with Gasteiger partial charge in [-0.2, -0.15) is 0 Å². The first-order valence-corrected chi connectivity index (χ1v) is 12.8. The summed E-state index contributed by atoms with van der Waals surface area (Å²) in [6.07, 6.45) is 1.97. The number of rotatable bonds is 9. The Morgan fingerprint density at radius 2 is 1.67 bits per heavy atom. The third kappa shape index (κ3) is 5.73. The number of amides is 1. The van der Waals surface area contributed by atoms with Crippen LogP contribution >= 0.6 is 0 Å². The van der Waals surface area contributed by atoms with E-state index in [0.717, 1.165) is 23.2 Å². The fraction of sp³-hybridized carbons (Fsp3) is 0.323. The zero-order chi connectivity index (χ0) is 25.7. The predicted molar refractivity (Wildman–Crippen MR) is 146 cm³/mol. The highest BCUT2D eigenvalue weighted by Gasteiger charge is 2.26. The van der Waals surface area contributed by atoms with Gasteiger partial charge < -0.3 is 4.90 Å². The van der Waals surface area contributed by atoms with Crippen molar-refractivity contribution in [3.05, 3.63) is 106 Å². The van der Waals surface area contributed by atoms with Gasteiger partial charge in [0.2, 0.25) is 5.91 Å². The number of aryl methyl sites for hydroxylation is 2. The van der Waals surface area contributed by atoms with Crippen LogP contribution in [0, 0.1) is 12.8 Å². The number of benzene rings is 3. The Morgan fingerprint density at radius 1 is 0.944 bits per heavy atom. The standard InChI is InChI=1S/C31H35N3O2/c1-22(2)19-20-33(29(35)18-17-25-12-6-5-7-13-25)24(4)30-32-28-16-9-8-15-27(28)31(36)34(30)26-14-10-11-23(3)21-26/h5-16,21-22,24H,17-20H2,1-4H3. The highest BCUT2D eigenvalue weighted by molar-refractivity contribution is 5.79. The van der Waals surface area contributed by atoms with Crippen LogP contribution in [0.15, 0.2) is 83.7 Å². The lowest BCUT2D eigenvalue weighted by molar-refractivity contribution is -0.133. The third-order valence-corrected chi connectivity index (χ3v) is 6.64. The molecule has 1 unspecified atom stereocenters. The number of fused-ring (bicyclic) bond motifs is 1. The maximum Gasteiger partial charge on any atom is 0.266 e. The second kappa shape index (κ2) is 11.3. The first-order valence-electron chi connectivity index (χ1n) is 12.8. The molecule has 0 spiro atoms. The lowest BCUT2D eigenvalue weighted by Crippen LogP contribution is -2.38. The summed E-state index contributed by atoms with van der Waals surface area (Å²) >= 11 is 0. The van der Waals surface area contributed by atoms with Crippen LogP contribution in [0.4, 0.5) is 0 Å². The Morgan fingerprint density at radius 3 is 2.39 bits per heavy atom. The highest BCUT2D eigenvalue weighted by atomic mass is 16.2. The van der Waals surface area contributed by atoms with Gasteiger partial charge >= 0.3 is 0 Å². The molecule has 186 valence electrons. The number of para-hydroxylation sites is 1. The van der Waals surface area contributed by atoms with Crippen molar-refractivity contribution in [1.29, 1.82) is 0 Å². The van der Waals surface area contributed by atoms with Gasteiger partial charge in [0.05, 0.1) is 22.6 Å². The Kier molecular flexibility index (Phi) is 7.99. The molecule has 36 heavy (non-hydrogen) atoms. The number of hydrogen-bond acceptors (Lipinski definition) is 3. The first-order chi connectivity index (χ1) is 17.3. The summed E-state index contributed by atoms with van der Waals surface area (Å²) in [6, 6.07) is 25.0. The second-order valence-electron chi connectivity index (χ2n) is 9.90. The Hall–Kier alpha value is -3.73. The lowest BCUT2D eigenvalue weighted by Gasteiger charge is -2.31. The van der Waals surface area contributed by atoms with Crippen LogP contribution in [-0.2, 0) is 11.2 Å². The summed E-state index contributed by atoms with van der Waals surface area (Å²) in [7, 11) is 0. The van der Waals surface area contributed by atoms with Crippen molar-refractivity contribution in [2.24, 2.45) is 5.92 Å². The minimum Gasteiger partial charge on any atom is -0.333 e. The van der Waals surface area contributed by atoms with E-state index in [-0.39, 0.29) is 17.5 Å². The smallest absolute Gasteiger partial charge is 0.266 e. The van der Waals surface area contributed by atoms with Gasteiger partial charge in [-0.25, -0.2) is 4.98 Å². The first kappa shape index (κ1) is 25.4. The van der Waals surface area contributed by atoms with Crippen molar-refractivity contribution in [3.63, 3.8) is 0 Å². The normalized spacial score (nSPS) is 12.1. The molecule has 0 radical (unpaired) electrons. The van der Waals surface area contributed by atoms with E-state index in [1.807, 2.05) is 85.5 Å². The molecule has 0 saturated heterocycles. The number of aromatic nitrogens is 2. The number of nitrogens with zero attached hydrogens (tertiary/aromatic N) is 3. The van der Waals surface area contributed by atoms with Gasteiger partial charge in [0.15, 0.2) is 0 Å². The summed E-state index contributed by atoms with van der Waals surface area (Å²) in [4.78, 5) is 34.2. The fourth-order valence-corrected chi connectivity index (χ4v) is 4.56. The summed E-state index contributed by atoms with van der Waals surface area (Å²) in [5.41, 5.74) is 3.49. The Labute approximate surface area is 213 Å². The molecule has 4 rings (SSSR count). The molecule has 1 aromatic heterocycles. The molecule has 1 heterocycles. The number of hydrogen-bond donors (Lipinski definition) is 0. The van der Waals surface area contributed by atoms with Crippen molar-refractivity contribution < 1.29 is 4.79 Å². The van der Waals surface area contributed by atoms with E-state index in [2.05, 4.69) is 26.0 Å². The quantitative estimate of drug-likeness (QED) is 0.283. The molecule has 0 bridgehead atoms. The van der Waals surface area contributed by atoms with E-state index in [4.69, 9.17) is 4.98 Å². The maximum absolute atomic E-state index is 13.8. The molecule has 1 amide bonds. The molecule has 5 nitrogen and oxygen atoms in total. The average Bonchev–Trinajstić information content (AvgIpc) is 2.87. The van der Waals surface area contributed by atoms with Crippen molar-refractivity contribution in [1.82, 2.24) is 14.5 Å². The summed E-state index contributed by atoms with van der Waals surface area (Å²) in [6.45, 7) is 8.93. The lowest BCUT2D eigenvalue weighted by atomic mass is 10.1. The molecule has 4 aromatic rings. The minimum atomic E-state index is -0.371. The van der Waals surface area contributed by atoms with Gasteiger partial charge in [0.1, 0.15) is 5.82 Å². The largest absolute Gasteiger partial charge is 0.333 e. The van der Waals surface area contributed by atoms with E-state index in [1.165, 1.54) is 0 Å². The van der Waals surface area contributed by atoms with Crippen LogP contribution < -0.4 is 5.56 Å². The summed E-state index contributed by atoms with van der Waals surface area (Å²) in [5.74, 6) is 1.11. The molecule has 0 aliphatic heterocycles. The van der Waals surface area contributed by atoms with E-state index in [0.29, 0.717) is 42.0 Å². The molecule has 0 N–H and O–H groups in total. The van der Waals surface area contributed by atoms with Crippen LogP contribution in [0.25, 0.3) is 16.6 Å². The molecule has 0 aliphatic carbocycles. The predicted octanol–water partition coefficient (Wildman–Crippen LogP) is 6.26. The molecule has 0 fully saturated rings. The van der Waals surface area contributed by atoms with Crippen LogP contribution in [-0.4, -0.2) is 26.9 Å². The molecule has 0 aliphatic rings. The zero-order valence-corrected chi connectivity index (χ0v) is 21.6. The van der Waals surface area contributed by atoms with Gasteiger partial charge in [-0.1, -0.05) is 68.4 Å². The summed E-state index contributed by atoms with van der Waals surface area (Å²) in [5, 5.41) is 0.569. The van der Waals surface area contributed by atoms with Crippen molar-refractivity contribution >= 4 is 16.8 Å². The van der Waals surface area contributed by atoms with Crippen LogP contribution in [0.5, 0.6) is 0 Å². The van der Waals surface area contributed by atoms with Gasteiger partial charge in [0, 0.05) is 13.0 Å². The fourth-order valence-electron chi connectivity index (χ4n) is 4.56. The molecule has 5 heteroatoms. The van der Waals surface area contributed by atoms with Gasteiger partial charge in [0.25, 0.3) is 5.56 Å². The van der Waals surface area contributed by atoms with Crippen molar-refractivity contribution in [2.75, 3.05) is 6.54 Å². The van der Waals surface area contributed by atoms with Crippen molar-refractivity contribution in [2.45, 2.75) is 53.0 Å². The molecule has 0 saturated carbocycles. The Balaban J connectivity index is 1.78. The average molecular weight is 482 g/mol. The van der Waals surface area contributed by atoms with Crippen molar-refractivity contribution in [3.8, 4) is 5.69 Å². The van der Waals surface area contributed by atoms with Gasteiger partial charge in [-0.05, 0) is 68.0 Å². The Bertz CT molecular complexity index is 1390. The SMILES string of the molecule is Cc1cccc(-n2c(C(C)N(CCC(C)C)C(=O)CCc3ccccc3)nc3ccccc3c2=O)c1. The van der Waals surface area contributed by atoms with E-state index < -0.39 is 0 Å². The number of carbonyl (C=O) groups excluding carboxylic acids is 1. The maximum atomic E-state index is 13.8. The van der Waals surface area contributed by atoms with Gasteiger partial charge in [-0.3, -0.25) is 14.2 Å². The highest BCUT2D eigenvalue weighted by Crippen LogP contribution is 2.25. The number of carbonyl (C=O) groups is 1. The van der Waals surface area contributed by atoms with Gasteiger partial charge in [-0.15, -0.1) is 0 Å². The third-order valence-electron chi connectivity index (χ3n) is 6.64. The molecular formula is C31H35N3O2. The molecule has 3 aromatic carbocycles. The molecular weight excluding hydrogens is 446 g/mol. The van der Waals surface area contributed by atoms with E-state index >= 15 is 0 Å². The minimum absolute atomic E-state index is 0.0743.